The number of carbonyl (C=O) groups excluding carboxylic acids is 1. The molecule has 0 aliphatic heterocycles. The largest absolute Gasteiger partial charge is 0.351 e. The monoisotopic (exact) mass is 453 g/mol. The topological polar surface area (TPSA) is 122 Å². The molecule has 4 rings (SSSR count). The van der Waals surface area contributed by atoms with Crippen LogP contribution in [0.3, 0.4) is 0 Å². The average molecular weight is 454 g/mol. The molecular weight excluding hydrogens is 426 g/mol. The van der Waals surface area contributed by atoms with Crippen LogP contribution in [0.25, 0.3) is 28.0 Å². The highest BCUT2D eigenvalue weighted by Gasteiger charge is 2.21. The average Bonchev–Trinajstić information content (AvgIpc) is 3.16. The number of nitriles is 1. The third-order valence-electron chi connectivity index (χ3n) is 5.41. The van der Waals surface area contributed by atoms with Crippen LogP contribution in [0.1, 0.15) is 47.7 Å². The van der Waals surface area contributed by atoms with Crippen molar-refractivity contribution in [2.45, 2.75) is 39.7 Å². The molecule has 34 heavy (non-hydrogen) atoms. The normalized spacial score (nSPS) is 11.4. The number of nitrogens with two attached hydrogens (primary N) is 1. The van der Waals surface area contributed by atoms with Gasteiger partial charge in [-0.2, -0.15) is 10.4 Å². The van der Waals surface area contributed by atoms with Gasteiger partial charge in [-0.1, -0.05) is 12.1 Å². The van der Waals surface area contributed by atoms with E-state index in [-0.39, 0.29) is 11.4 Å². The van der Waals surface area contributed by atoms with Crippen LogP contribution in [0.5, 0.6) is 0 Å². The molecule has 3 N–H and O–H groups in total. The summed E-state index contributed by atoms with van der Waals surface area (Å²) < 4.78 is 1.66. The predicted octanol–water partition coefficient (Wildman–Crippen LogP) is 3.80. The second-order valence-corrected chi connectivity index (χ2v) is 9.13. The summed E-state index contributed by atoms with van der Waals surface area (Å²) in [6.07, 6.45) is 2.38. The van der Waals surface area contributed by atoms with Gasteiger partial charge < -0.3 is 11.1 Å². The minimum absolute atomic E-state index is 0.269. The molecule has 172 valence electrons. The van der Waals surface area contributed by atoms with Gasteiger partial charge in [0.15, 0.2) is 5.65 Å². The van der Waals surface area contributed by atoms with E-state index in [9.17, 15) is 10.1 Å². The first kappa shape index (κ1) is 23.1. The quantitative estimate of drug-likeness (QED) is 0.458. The van der Waals surface area contributed by atoms with Gasteiger partial charge in [0.1, 0.15) is 11.4 Å². The van der Waals surface area contributed by atoms with E-state index in [4.69, 9.17) is 10.8 Å². The molecule has 4 aromatic rings. The summed E-state index contributed by atoms with van der Waals surface area (Å²) in [6.45, 7) is 8.16. The Balaban J connectivity index is 1.85. The molecular formula is C26H27N7O. The summed E-state index contributed by atoms with van der Waals surface area (Å²) in [7, 11) is 0. The fourth-order valence-electron chi connectivity index (χ4n) is 3.83. The third-order valence-corrected chi connectivity index (χ3v) is 5.41. The van der Waals surface area contributed by atoms with Crippen LogP contribution in [-0.2, 0) is 0 Å². The zero-order valence-corrected chi connectivity index (χ0v) is 19.8. The van der Waals surface area contributed by atoms with Gasteiger partial charge in [-0.15, -0.1) is 0 Å². The molecule has 1 amide bonds. The first-order chi connectivity index (χ1) is 16.1. The lowest BCUT2D eigenvalue weighted by molar-refractivity contribution is 0.0946. The van der Waals surface area contributed by atoms with Gasteiger partial charge in [0.2, 0.25) is 0 Å². The number of benzene rings is 1. The maximum absolute atomic E-state index is 12.8. The second kappa shape index (κ2) is 9.04. The summed E-state index contributed by atoms with van der Waals surface area (Å²) in [5.74, 6) is -0.269. The molecule has 0 aliphatic carbocycles. The molecule has 0 saturated heterocycles. The SMILES string of the molecule is Cc1cc(-c2c(-c3cccc(C#N)c3)nn3ccc(C(=O)NCCC(C)(C)N)nc23)cc(C)n1. The molecule has 3 heterocycles. The van der Waals surface area contributed by atoms with Gasteiger partial charge in [-0.3, -0.25) is 9.78 Å². The number of hydrogen-bond donors (Lipinski definition) is 2. The van der Waals surface area contributed by atoms with E-state index in [1.165, 1.54) is 0 Å². The van der Waals surface area contributed by atoms with Crippen LogP contribution < -0.4 is 11.1 Å². The van der Waals surface area contributed by atoms with Gasteiger partial charge in [-0.25, -0.2) is 9.50 Å². The Morgan fingerprint density at radius 1 is 1.12 bits per heavy atom. The van der Waals surface area contributed by atoms with E-state index in [1.807, 2.05) is 52.0 Å². The van der Waals surface area contributed by atoms with Crippen LogP contribution in [0.15, 0.2) is 48.7 Å². The molecule has 0 spiro atoms. The number of rotatable bonds is 6. The number of nitrogens with zero attached hydrogens (tertiary/aromatic N) is 5. The Bertz CT molecular complexity index is 1400. The summed E-state index contributed by atoms with van der Waals surface area (Å²) >= 11 is 0. The van der Waals surface area contributed by atoms with Crippen molar-refractivity contribution in [1.29, 1.82) is 5.26 Å². The number of aryl methyl sites for hydroxylation is 2. The first-order valence-electron chi connectivity index (χ1n) is 11.1. The van der Waals surface area contributed by atoms with E-state index in [0.29, 0.717) is 35.6 Å². The molecule has 0 fully saturated rings. The van der Waals surface area contributed by atoms with Crippen LogP contribution in [0.2, 0.25) is 0 Å². The van der Waals surface area contributed by atoms with E-state index in [2.05, 4.69) is 21.4 Å². The smallest absolute Gasteiger partial charge is 0.270 e. The predicted molar refractivity (Wildman–Crippen MR) is 131 cm³/mol. The van der Waals surface area contributed by atoms with Crippen molar-refractivity contribution in [2.75, 3.05) is 6.54 Å². The summed E-state index contributed by atoms with van der Waals surface area (Å²) in [5, 5.41) is 17.0. The van der Waals surface area contributed by atoms with E-state index >= 15 is 0 Å². The maximum Gasteiger partial charge on any atom is 0.270 e. The van der Waals surface area contributed by atoms with Crippen LogP contribution in [0, 0.1) is 25.2 Å². The molecule has 0 atom stereocenters. The highest BCUT2D eigenvalue weighted by molar-refractivity contribution is 5.95. The van der Waals surface area contributed by atoms with Crippen molar-refractivity contribution >= 4 is 11.6 Å². The number of aromatic nitrogens is 4. The molecule has 0 unspecified atom stereocenters. The molecule has 0 radical (unpaired) electrons. The Labute approximate surface area is 198 Å². The first-order valence-corrected chi connectivity index (χ1v) is 11.1. The van der Waals surface area contributed by atoms with Crippen LogP contribution >= 0.6 is 0 Å². The molecule has 1 aromatic carbocycles. The third kappa shape index (κ3) is 4.95. The van der Waals surface area contributed by atoms with Crippen molar-refractivity contribution in [1.82, 2.24) is 24.9 Å². The lowest BCUT2D eigenvalue weighted by Crippen LogP contribution is -2.37. The van der Waals surface area contributed by atoms with Gasteiger partial charge in [-0.05, 0) is 70.0 Å². The highest BCUT2D eigenvalue weighted by atomic mass is 16.1. The fourth-order valence-corrected chi connectivity index (χ4v) is 3.83. The van der Waals surface area contributed by atoms with Crippen molar-refractivity contribution in [3.63, 3.8) is 0 Å². The van der Waals surface area contributed by atoms with Crippen LogP contribution in [0.4, 0.5) is 0 Å². The lowest BCUT2D eigenvalue weighted by Gasteiger charge is -2.18. The number of hydrogen-bond acceptors (Lipinski definition) is 6. The Kier molecular flexibility index (Phi) is 6.14. The van der Waals surface area contributed by atoms with Crippen molar-refractivity contribution in [3.05, 3.63) is 71.3 Å². The Morgan fingerprint density at radius 3 is 2.53 bits per heavy atom. The van der Waals surface area contributed by atoms with Gasteiger partial charge in [0.25, 0.3) is 5.91 Å². The Hall–Kier alpha value is -4.09. The Morgan fingerprint density at radius 2 is 1.85 bits per heavy atom. The molecule has 8 heteroatoms. The lowest BCUT2D eigenvalue weighted by atomic mass is 9.99. The highest BCUT2D eigenvalue weighted by Crippen LogP contribution is 2.35. The van der Waals surface area contributed by atoms with E-state index in [0.717, 1.165) is 28.1 Å². The zero-order valence-electron chi connectivity index (χ0n) is 19.8. The molecule has 3 aromatic heterocycles. The summed E-state index contributed by atoms with van der Waals surface area (Å²) in [4.78, 5) is 22.0. The minimum Gasteiger partial charge on any atom is -0.351 e. The second-order valence-electron chi connectivity index (χ2n) is 9.13. The summed E-state index contributed by atoms with van der Waals surface area (Å²) in [6, 6.07) is 15.1. The number of amides is 1. The molecule has 8 nitrogen and oxygen atoms in total. The number of fused-ring (bicyclic) bond motifs is 1. The molecule has 0 saturated carbocycles. The van der Waals surface area contributed by atoms with Gasteiger partial charge in [0, 0.05) is 35.2 Å². The number of nitrogens with one attached hydrogen (secondary N) is 1. The maximum atomic E-state index is 12.8. The summed E-state index contributed by atoms with van der Waals surface area (Å²) in [5.41, 5.74) is 11.9. The zero-order chi connectivity index (χ0) is 24.5. The van der Waals surface area contributed by atoms with E-state index < -0.39 is 0 Å². The number of pyridine rings is 1. The van der Waals surface area contributed by atoms with Crippen molar-refractivity contribution in [3.8, 4) is 28.5 Å². The molecule has 0 bridgehead atoms. The van der Waals surface area contributed by atoms with Crippen molar-refractivity contribution in [2.24, 2.45) is 5.73 Å². The number of carbonyl (C=O) groups is 1. The minimum atomic E-state index is -0.368. The van der Waals surface area contributed by atoms with Crippen LogP contribution in [-0.4, -0.2) is 37.6 Å². The van der Waals surface area contributed by atoms with Gasteiger partial charge in [0.05, 0.1) is 17.2 Å². The molecule has 0 aliphatic rings. The van der Waals surface area contributed by atoms with E-state index in [1.54, 1.807) is 28.9 Å². The van der Waals surface area contributed by atoms with Crippen molar-refractivity contribution < 1.29 is 4.79 Å². The fraction of sp³-hybridized carbons (Fsp3) is 0.269. The standard InChI is InChI=1S/C26H27N7O/c1-16-12-20(13-17(2)30-16)22-23(19-7-5-6-18(14-19)15-27)32-33-11-8-21(31-24(22)33)25(34)29-10-9-26(3,4)28/h5-8,11-14H,9-10,28H2,1-4H3,(H,29,34). The van der Waals surface area contributed by atoms with Gasteiger partial charge >= 0.3 is 0 Å².